The molecule has 23 heavy (non-hydrogen) atoms. The molecule has 6 nitrogen and oxygen atoms in total. The second kappa shape index (κ2) is 5.53. The van der Waals surface area contributed by atoms with Gasteiger partial charge in [-0.2, -0.15) is 0 Å². The summed E-state index contributed by atoms with van der Waals surface area (Å²) < 4.78 is 11.4. The predicted molar refractivity (Wildman–Crippen MR) is 86.6 cm³/mol. The Bertz CT molecular complexity index is 740. The van der Waals surface area contributed by atoms with Gasteiger partial charge >= 0.3 is 6.03 Å². The van der Waals surface area contributed by atoms with Gasteiger partial charge in [-0.3, -0.25) is 0 Å². The fourth-order valence-corrected chi connectivity index (χ4v) is 3.40. The molecule has 2 amide bonds. The van der Waals surface area contributed by atoms with E-state index in [1.165, 1.54) is 0 Å². The molecule has 6 heteroatoms. The Morgan fingerprint density at radius 2 is 2.22 bits per heavy atom. The molecule has 1 aromatic carbocycles. The zero-order valence-corrected chi connectivity index (χ0v) is 13.3. The van der Waals surface area contributed by atoms with Gasteiger partial charge in [0.2, 0.25) is 0 Å². The second-order valence-corrected chi connectivity index (χ2v) is 6.70. The topological polar surface area (TPSA) is 76.4 Å². The van der Waals surface area contributed by atoms with Crippen molar-refractivity contribution < 1.29 is 13.9 Å². The minimum atomic E-state index is -0.196. The Kier molecular flexibility index (Phi) is 3.49. The number of carbonyl (C=O) groups is 1. The van der Waals surface area contributed by atoms with Crippen molar-refractivity contribution in [3.63, 3.8) is 0 Å². The highest BCUT2D eigenvalue weighted by Crippen LogP contribution is 2.34. The van der Waals surface area contributed by atoms with E-state index < -0.39 is 0 Å². The normalized spacial score (nSPS) is 26.1. The van der Waals surface area contributed by atoms with Gasteiger partial charge < -0.3 is 19.8 Å². The highest BCUT2D eigenvalue weighted by molar-refractivity contribution is 5.91. The molecule has 0 radical (unpaired) electrons. The minimum absolute atomic E-state index is 0.122. The van der Waals surface area contributed by atoms with Crippen LogP contribution < -0.4 is 10.6 Å². The minimum Gasteiger partial charge on any atom is -0.440 e. The van der Waals surface area contributed by atoms with E-state index in [1.54, 1.807) is 0 Å². The number of hydrogen-bond donors (Lipinski definition) is 2. The molecule has 2 aliphatic heterocycles. The van der Waals surface area contributed by atoms with E-state index >= 15 is 0 Å². The molecule has 2 aliphatic rings. The smallest absolute Gasteiger partial charge is 0.319 e. The van der Waals surface area contributed by atoms with Gasteiger partial charge in [0.1, 0.15) is 5.52 Å². The zero-order chi connectivity index (χ0) is 16.0. The van der Waals surface area contributed by atoms with Crippen molar-refractivity contribution in [2.45, 2.75) is 57.3 Å². The Morgan fingerprint density at radius 3 is 2.91 bits per heavy atom. The molecule has 2 aromatic rings. The lowest BCUT2D eigenvalue weighted by Crippen LogP contribution is -2.43. The lowest BCUT2D eigenvalue weighted by molar-refractivity contribution is 0.0984. The van der Waals surface area contributed by atoms with Crippen LogP contribution in [0.3, 0.4) is 0 Å². The molecule has 1 aromatic heterocycles. The van der Waals surface area contributed by atoms with Crippen LogP contribution in [0, 0.1) is 0 Å². The zero-order valence-electron chi connectivity index (χ0n) is 13.3. The van der Waals surface area contributed by atoms with Crippen molar-refractivity contribution in [3.05, 3.63) is 24.1 Å². The standard InChI is InChI=1S/C17H21N3O3/c1-9(2)16-19-12-7-10(3-5-15(12)23-16)18-17(21)20-13-8-11-4-6-14(13)22-11/h3,5,7,9,11,13-14H,4,6,8H2,1-2H3,(H2,18,20,21)/t11-,13+,14-/m1/s1. The number of aromatic nitrogens is 1. The van der Waals surface area contributed by atoms with Crippen LogP contribution in [0.4, 0.5) is 10.5 Å². The van der Waals surface area contributed by atoms with Crippen LogP contribution in [-0.2, 0) is 4.74 Å². The molecule has 3 atom stereocenters. The Balaban J connectivity index is 1.43. The van der Waals surface area contributed by atoms with E-state index in [1.807, 2.05) is 32.0 Å². The Labute approximate surface area is 134 Å². The van der Waals surface area contributed by atoms with Crippen molar-refractivity contribution in [2.24, 2.45) is 0 Å². The fourth-order valence-electron chi connectivity index (χ4n) is 3.40. The number of fused-ring (bicyclic) bond motifs is 3. The van der Waals surface area contributed by atoms with Crippen molar-refractivity contribution in [1.82, 2.24) is 10.3 Å². The van der Waals surface area contributed by atoms with Crippen LogP contribution in [0.2, 0.25) is 0 Å². The average molecular weight is 315 g/mol. The fraction of sp³-hybridized carbons (Fsp3) is 0.529. The molecule has 2 fully saturated rings. The average Bonchev–Trinajstić information content (AvgIpc) is 3.20. The van der Waals surface area contributed by atoms with Crippen LogP contribution in [0.15, 0.2) is 22.6 Å². The van der Waals surface area contributed by atoms with Gasteiger partial charge in [0.05, 0.1) is 18.2 Å². The summed E-state index contributed by atoms with van der Waals surface area (Å²) >= 11 is 0. The number of nitrogens with one attached hydrogen (secondary N) is 2. The molecule has 2 N–H and O–H groups in total. The number of carbonyl (C=O) groups excluding carboxylic acids is 1. The maximum atomic E-state index is 12.2. The molecule has 0 saturated carbocycles. The summed E-state index contributed by atoms with van der Waals surface area (Å²) in [5.74, 6) is 0.945. The van der Waals surface area contributed by atoms with E-state index in [9.17, 15) is 4.79 Å². The summed E-state index contributed by atoms with van der Waals surface area (Å²) in [4.78, 5) is 16.6. The van der Waals surface area contributed by atoms with Crippen molar-refractivity contribution in [3.8, 4) is 0 Å². The molecule has 0 aliphatic carbocycles. The van der Waals surface area contributed by atoms with Crippen molar-refractivity contribution in [2.75, 3.05) is 5.32 Å². The van der Waals surface area contributed by atoms with Gasteiger partial charge in [-0.25, -0.2) is 9.78 Å². The highest BCUT2D eigenvalue weighted by Gasteiger charge is 2.41. The van der Waals surface area contributed by atoms with E-state index in [4.69, 9.17) is 9.15 Å². The van der Waals surface area contributed by atoms with Crippen molar-refractivity contribution >= 4 is 22.8 Å². The molecular weight excluding hydrogens is 294 g/mol. The summed E-state index contributed by atoms with van der Waals surface area (Å²) in [6.45, 7) is 4.07. The Morgan fingerprint density at radius 1 is 1.35 bits per heavy atom. The third kappa shape index (κ3) is 2.79. The summed E-state index contributed by atoms with van der Waals surface area (Å²) in [5.41, 5.74) is 2.21. The van der Waals surface area contributed by atoms with E-state index in [0.717, 1.165) is 30.4 Å². The first-order valence-electron chi connectivity index (χ1n) is 8.22. The number of anilines is 1. The van der Waals surface area contributed by atoms with E-state index in [0.29, 0.717) is 17.7 Å². The van der Waals surface area contributed by atoms with E-state index in [-0.39, 0.29) is 24.1 Å². The lowest BCUT2D eigenvalue weighted by Gasteiger charge is -2.20. The second-order valence-electron chi connectivity index (χ2n) is 6.70. The number of hydrogen-bond acceptors (Lipinski definition) is 4. The van der Waals surface area contributed by atoms with Gasteiger partial charge in [-0.1, -0.05) is 13.8 Å². The number of amides is 2. The maximum Gasteiger partial charge on any atom is 0.319 e. The number of nitrogens with zero attached hydrogens (tertiary/aromatic N) is 1. The van der Waals surface area contributed by atoms with Crippen LogP contribution in [0.25, 0.3) is 11.1 Å². The number of oxazole rings is 1. The molecular formula is C17H21N3O3. The first kappa shape index (κ1) is 14.5. The van der Waals surface area contributed by atoms with Gasteiger partial charge in [-0.15, -0.1) is 0 Å². The number of rotatable bonds is 3. The monoisotopic (exact) mass is 315 g/mol. The van der Waals surface area contributed by atoms with Crippen LogP contribution in [0.5, 0.6) is 0 Å². The maximum absolute atomic E-state index is 12.2. The highest BCUT2D eigenvalue weighted by atomic mass is 16.5. The third-order valence-corrected chi connectivity index (χ3v) is 4.58. The molecule has 0 spiro atoms. The number of benzene rings is 1. The molecule has 3 heterocycles. The predicted octanol–water partition coefficient (Wildman–Crippen LogP) is 3.39. The lowest BCUT2D eigenvalue weighted by atomic mass is 9.96. The summed E-state index contributed by atoms with van der Waals surface area (Å²) in [5, 5.41) is 5.88. The van der Waals surface area contributed by atoms with Gasteiger partial charge in [0.15, 0.2) is 11.5 Å². The Hall–Kier alpha value is -2.08. The van der Waals surface area contributed by atoms with Crippen LogP contribution in [-0.4, -0.2) is 29.3 Å². The van der Waals surface area contributed by atoms with Crippen molar-refractivity contribution in [1.29, 1.82) is 0 Å². The molecule has 0 unspecified atom stereocenters. The quantitative estimate of drug-likeness (QED) is 0.910. The first-order chi connectivity index (χ1) is 11.1. The summed E-state index contributed by atoms with van der Waals surface area (Å²) in [6.07, 6.45) is 3.57. The van der Waals surface area contributed by atoms with E-state index in [2.05, 4.69) is 15.6 Å². The first-order valence-corrected chi connectivity index (χ1v) is 8.22. The third-order valence-electron chi connectivity index (χ3n) is 4.58. The van der Waals surface area contributed by atoms with Gasteiger partial charge in [0.25, 0.3) is 0 Å². The molecule has 2 saturated heterocycles. The van der Waals surface area contributed by atoms with Crippen LogP contribution in [0.1, 0.15) is 44.9 Å². The van der Waals surface area contributed by atoms with Gasteiger partial charge in [-0.05, 0) is 37.5 Å². The molecule has 2 bridgehead atoms. The number of urea groups is 1. The largest absolute Gasteiger partial charge is 0.440 e. The summed E-state index contributed by atoms with van der Waals surface area (Å²) in [7, 11) is 0. The van der Waals surface area contributed by atoms with Crippen LogP contribution >= 0.6 is 0 Å². The van der Waals surface area contributed by atoms with Gasteiger partial charge in [0, 0.05) is 11.6 Å². The molecule has 122 valence electrons. The number of ether oxygens (including phenoxy) is 1. The molecule has 4 rings (SSSR count). The summed E-state index contributed by atoms with van der Waals surface area (Å²) in [6, 6.07) is 5.43. The SMILES string of the molecule is CC(C)c1nc2cc(NC(=O)N[C@H]3C[C@H]4CC[C@H]3O4)ccc2o1.